The van der Waals surface area contributed by atoms with E-state index in [-0.39, 0.29) is 18.8 Å². The summed E-state index contributed by atoms with van der Waals surface area (Å²) in [4.78, 5) is 0. The van der Waals surface area contributed by atoms with Crippen LogP contribution in [0.3, 0.4) is 0 Å². The van der Waals surface area contributed by atoms with Gasteiger partial charge in [0, 0.05) is 6.04 Å². The zero-order chi connectivity index (χ0) is 12.1. The minimum Gasteiger partial charge on any atom is -0.486 e. The topological polar surface area (TPSA) is 55.5 Å². The van der Waals surface area contributed by atoms with Crippen LogP contribution in [0.5, 0.6) is 5.75 Å². The van der Waals surface area contributed by atoms with Crippen molar-refractivity contribution >= 4 is 0 Å². The summed E-state index contributed by atoms with van der Waals surface area (Å²) in [7, 11) is 0. The molecule has 1 rings (SSSR count). The molecule has 0 saturated heterocycles. The number of para-hydroxylation sites is 1. The van der Waals surface area contributed by atoms with E-state index in [9.17, 15) is 5.11 Å². The third-order valence-corrected chi connectivity index (χ3v) is 2.59. The van der Waals surface area contributed by atoms with Gasteiger partial charge in [0.25, 0.3) is 0 Å². The normalized spacial score (nSPS) is 14.9. The summed E-state index contributed by atoms with van der Waals surface area (Å²) in [5.41, 5.74) is 6.88. The number of aliphatic hydroxyl groups excluding tert-OH is 1. The van der Waals surface area contributed by atoms with Gasteiger partial charge in [-0.2, -0.15) is 0 Å². The van der Waals surface area contributed by atoms with Crippen LogP contribution in [0.2, 0.25) is 0 Å². The Hall–Kier alpha value is -1.06. The molecule has 1 aromatic rings. The number of ether oxygens (including phenoxy) is 1. The van der Waals surface area contributed by atoms with E-state index in [1.807, 2.05) is 31.2 Å². The zero-order valence-corrected chi connectivity index (χ0v) is 10.2. The minimum absolute atomic E-state index is 0.0654. The first-order valence-electron chi connectivity index (χ1n) is 5.68. The molecule has 0 saturated carbocycles. The molecule has 0 heterocycles. The molecule has 0 fully saturated rings. The van der Waals surface area contributed by atoms with Gasteiger partial charge in [-0.15, -0.1) is 0 Å². The molecule has 0 amide bonds. The Morgan fingerprint density at radius 3 is 2.38 bits per heavy atom. The highest BCUT2D eigenvalue weighted by Gasteiger charge is 2.16. The van der Waals surface area contributed by atoms with Crippen LogP contribution in [0.4, 0.5) is 0 Å². The molecule has 3 nitrogen and oxygen atoms in total. The van der Waals surface area contributed by atoms with E-state index < -0.39 is 0 Å². The SMILES string of the molecule is CC(C)c1ccccc1OC(CO)C(C)N. The maximum Gasteiger partial charge on any atom is 0.136 e. The molecule has 90 valence electrons. The van der Waals surface area contributed by atoms with Gasteiger partial charge >= 0.3 is 0 Å². The Morgan fingerprint density at radius 1 is 1.25 bits per heavy atom. The molecular formula is C13H21NO2. The summed E-state index contributed by atoms with van der Waals surface area (Å²) < 4.78 is 5.74. The van der Waals surface area contributed by atoms with Crippen molar-refractivity contribution in [3.8, 4) is 5.75 Å². The van der Waals surface area contributed by atoms with Crippen molar-refractivity contribution in [1.82, 2.24) is 0 Å². The third-order valence-electron chi connectivity index (χ3n) is 2.59. The molecule has 2 atom stereocenters. The average molecular weight is 223 g/mol. The molecule has 0 aliphatic heterocycles. The predicted molar refractivity (Wildman–Crippen MR) is 65.7 cm³/mol. The molecule has 1 aromatic carbocycles. The van der Waals surface area contributed by atoms with Crippen LogP contribution >= 0.6 is 0 Å². The molecule has 16 heavy (non-hydrogen) atoms. The lowest BCUT2D eigenvalue weighted by molar-refractivity contribution is 0.0979. The highest BCUT2D eigenvalue weighted by Crippen LogP contribution is 2.26. The Balaban J connectivity index is 2.87. The first kappa shape index (κ1) is 13.0. The lowest BCUT2D eigenvalue weighted by Gasteiger charge is -2.22. The highest BCUT2D eigenvalue weighted by atomic mass is 16.5. The largest absolute Gasteiger partial charge is 0.486 e. The molecule has 3 N–H and O–H groups in total. The molecule has 2 unspecified atom stereocenters. The van der Waals surface area contributed by atoms with Gasteiger partial charge in [0.15, 0.2) is 0 Å². The summed E-state index contributed by atoms with van der Waals surface area (Å²) in [6.07, 6.45) is -0.347. The second-order valence-corrected chi connectivity index (χ2v) is 4.39. The van der Waals surface area contributed by atoms with Crippen LogP contribution in [0.1, 0.15) is 32.3 Å². The molecule has 0 aliphatic rings. The lowest BCUT2D eigenvalue weighted by atomic mass is 10.0. The fraction of sp³-hybridized carbons (Fsp3) is 0.538. The molecule has 0 aromatic heterocycles. The second-order valence-electron chi connectivity index (χ2n) is 4.39. The Labute approximate surface area is 97.2 Å². The number of hydrogen-bond donors (Lipinski definition) is 2. The van der Waals surface area contributed by atoms with E-state index in [0.717, 1.165) is 11.3 Å². The van der Waals surface area contributed by atoms with Crippen LogP contribution in [-0.2, 0) is 0 Å². The molecule has 0 spiro atoms. The zero-order valence-electron chi connectivity index (χ0n) is 10.2. The standard InChI is InChI=1S/C13H21NO2/c1-9(2)11-6-4-5-7-12(11)16-13(8-15)10(3)14/h4-7,9-10,13,15H,8,14H2,1-3H3. The van der Waals surface area contributed by atoms with Crippen molar-refractivity contribution in [3.63, 3.8) is 0 Å². The fourth-order valence-corrected chi connectivity index (χ4v) is 1.54. The van der Waals surface area contributed by atoms with E-state index in [1.165, 1.54) is 0 Å². The number of aliphatic hydroxyl groups is 1. The van der Waals surface area contributed by atoms with Crippen LogP contribution in [0, 0.1) is 0 Å². The monoisotopic (exact) mass is 223 g/mol. The maximum absolute atomic E-state index is 9.18. The molecule has 3 heteroatoms. The Bertz CT molecular complexity index is 323. The summed E-state index contributed by atoms with van der Waals surface area (Å²) >= 11 is 0. The van der Waals surface area contributed by atoms with E-state index in [1.54, 1.807) is 0 Å². The van der Waals surface area contributed by atoms with Crippen molar-refractivity contribution in [2.24, 2.45) is 5.73 Å². The smallest absolute Gasteiger partial charge is 0.136 e. The van der Waals surface area contributed by atoms with Crippen LogP contribution in [-0.4, -0.2) is 23.9 Å². The minimum atomic E-state index is -0.347. The molecule has 0 radical (unpaired) electrons. The van der Waals surface area contributed by atoms with Crippen LogP contribution < -0.4 is 10.5 Å². The number of hydrogen-bond acceptors (Lipinski definition) is 3. The molecule has 0 aliphatic carbocycles. The summed E-state index contributed by atoms with van der Waals surface area (Å²) in [5, 5.41) is 9.18. The highest BCUT2D eigenvalue weighted by molar-refractivity contribution is 5.35. The second kappa shape index (κ2) is 5.87. The average Bonchev–Trinajstić information content (AvgIpc) is 2.25. The van der Waals surface area contributed by atoms with Crippen molar-refractivity contribution in [2.75, 3.05) is 6.61 Å². The van der Waals surface area contributed by atoms with Gasteiger partial charge in [-0.25, -0.2) is 0 Å². The van der Waals surface area contributed by atoms with Gasteiger partial charge in [-0.3, -0.25) is 0 Å². The number of benzene rings is 1. The predicted octanol–water partition coefficient (Wildman–Crippen LogP) is 1.90. The van der Waals surface area contributed by atoms with Crippen molar-refractivity contribution in [1.29, 1.82) is 0 Å². The van der Waals surface area contributed by atoms with E-state index in [2.05, 4.69) is 13.8 Å². The summed E-state index contributed by atoms with van der Waals surface area (Å²) in [6, 6.07) is 7.68. The van der Waals surface area contributed by atoms with E-state index in [4.69, 9.17) is 10.5 Å². The van der Waals surface area contributed by atoms with Crippen LogP contribution in [0.25, 0.3) is 0 Å². The van der Waals surface area contributed by atoms with Gasteiger partial charge in [0.2, 0.25) is 0 Å². The third kappa shape index (κ3) is 3.22. The first-order valence-corrected chi connectivity index (χ1v) is 5.68. The van der Waals surface area contributed by atoms with Gasteiger partial charge < -0.3 is 15.6 Å². The summed E-state index contributed by atoms with van der Waals surface area (Å²) in [6.45, 7) is 5.99. The van der Waals surface area contributed by atoms with Crippen molar-refractivity contribution in [3.05, 3.63) is 29.8 Å². The van der Waals surface area contributed by atoms with Gasteiger partial charge in [-0.05, 0) is 24.5 Å². The van der Waals surface area contributed by atoms with Crippen molar-refractivity contribution < 1.29 is 9.84 Å². The van der Waals surface area contributed by atoms with Crippen LogP contribution in [0.15, 0.2) is 24.3 Å². The van der Waals surface area contributed by atoms with E-state index >= 15 is 0 Å². The molecular weight excluding hydrogens is 202 g/mol. The maximum atomic E-state index is 9.18. The lowest BCUT2D eigenvalue weighted by Crippen LogP contribution is -2.39. The van der Waals surface area contributed by atoms with Gasteiger partial charge in [-0.1, -0.05) is 32.0 Å². The number of nitrogens with two attached hydrogens (primary N) is 1. The fourth-order valence-electron chi connectivity index (χ4n) is 1.54. The first-order chi connectivity index (χ1) is 7.56. The summed E-state index contributed by atoms with van der Waals surface area (Å²) in [5.74, 6) is 1.21. The number of rotatable bonds is 5. The van der Waals surface area contributed by atoms with Crippen molar-refractivity contribution in [2.45, 2.75) is 38.8 Å². The molecule has 0 bridgehead atoms. The van der Waals surface area contributed by atoms with Gasteiger partial charge in [0.05, 0.1) is 6.61 Å². The Morgan fingerprint density at radius 2 is 1.88 bits per heavy atom. The van der Waals surface area contributed by atoms with Gasteiger partial charge in [0.1, 0.15) is 11.9 Å². The van der Waals surface area contributed by atoms with E-state index in [0.29, 0.717) is 5.92 Å². The quantitative estimate of drug-likeness (QED) is 0.801. The Kier molecular flexibility index (Phi) is 4.77.